The molecule has 0 aliphatic heterocycles. The fourth-order valence-electron chi connectivity index (χ4n) is 1.44. The molecule has 0 atom stereocenters. The maximum Gasteiger partial charge on any atom is 0.128 e. The molecule has 0 aromatic carbocycles. The molecule has 15 heavy (non-hydrogen) atoms. The van der Waals surface area contributed by atoms with Gasteiger partial charge in [-0.05, 0) is 18.1 Å². The van der Waals surface area contributed by atoms with Crippen LogP contribution in [0.3, 0.4) is 0 Å². The summed E-state index contributed by atoms with van der Waals surface area (Å²) in [5.74, 6) is 1.52. The molecule has 4 nitrogen and oxygen atoms in total. The van der Waals surface area contributed by atoms with Gasteiger partial charge in [0, 0.05) is 25.4 Å². The topological polar surface area (TPSA) is 66.0 Å². The second-order valence-electron chi connectivity index (χ2n) is 4.09. The predicted molar refractivity (Wildman–Crippen MR) is 63.4 cm³/mol. The van der Waals surface area contributed by atoms with E-state index >= 15 is 0 Å². The molecule has 0 saturated carbocycles. The molecule has 0 aliphatic carbocycles. The number of amidine groups is 1. The zero-order valence-electron chi connectivity index (χ0n) is 9.49. The fraction of sp³-hybridized carbons (Fsp3) is 0.455. The highest BCUT2D eigenvalue weighted by atomic mass is 15.2. The summed E-state index contributed by atoms with van der Waals surface area (Å²) in [7, 11) is 1.99. The fourth-order valence-corrected chi connectivity index (χ4v) is 1.44. The molecule has 0 fully saturated rings. The van der Waals surface area contributed by atoms with E-state index in [0.29, 0.717) is 5.92 Å². The summed E-state index contributed by atoms with van der Waals surface area (Å²) >= 11 is 0. The number of nitrogens with two attached hydrogens (primary N) is 1. The van der Waals surface area contributed by atoms with Crippen molar-refractivity contribution in [2.45, 2.75) is 13.8 Å². The average Bonchev–Trinajstić information content (AvgIpc) is 2.17. The van der Waals surface area contributed by atoms with Crippen LogP contribution in [0.5, 0.6) is 0 Å². The van der Waals surface area contributed by atoms with E-state index in [1.807, 2.05) is 13.1 Å². The Bertz CT molecular complexity index is 346. The van der Waals surface area contributed by atoms with Gasteiger partial charge in [0.25, 0.3) is 0 Å². The van der Waals surface area contributed by atoms with Crippen LogP contribution in [-0.4, -0.2) is 24.4 Å². The molecule has 0 aliphatic rings. The maximum atomic E-state index is 7.35. The van der Waals surface area contributed by atoms with Crippen LogP contribution in [0.25, 0.3) is 0 Å². The van der Waals surface area contributed by atoms with Crippen LogP contribution >= 0.6 is 0 Å². The SMILES string of the molecule is CC(C)CN(C)c1cc(C(=N)N)ccn1. The lowest BCUT2D eigenvalue weighted by molar-refractivity contribution is 0.634. The highest BCUT2D eigenvalue weighted by molar-refractivity contribution is 5.95. The Kier molecular flexibility index (Phi) is 3.66. The highest BCUT2D eigenvalue weighted by Crippen LogP contribution is 2.12. The van der Waals surface area contributed by atoms with Gasteiger partial charge < -0.3 is 10.6 Å². The van der Waals surface area contributed by atoms with Gasteiger partial charge in [-0.3, -0.25) is 5.41 Å². The van der Waals surface area contributed by atoms with Crippen molar-refractivity contribution in [1.29, 1.82) is 5.41 Å². The maximum absolute atomic E-state index is 7.35. The smallest absolute Gasteiger partial charge is 0.128 e. The molecule has 1 aromatic rings. The van der Waals surface area contributed by atoms with E-state index < -0.39 is 0 Å². The second kappa shape index (κ2) is 4.77. The zero-order chi connectivity index (χ0) is 11.4. The van der Waals surface area contributed by atoms with E-state index in [-0.39, 0.29) is 5.84 Å². The van der Waals surface area contributed by atoms with Crippen molar-refractivity contribution >= 4 is 11.7 Å². The van der Waals surface area contributed by atoms with Crippen LogP contribution < -0.4 is 10.6 Å². The number of hydrogen-bond donors (Lipinski definition) is 2. The predicted octanol–water partition coefficient (Wildman–Crippen LogP) is 1.46. The Labute approximate surface area is 90.6 Å². The standard InChI is InChI=1S/C11H18N4/c1-8(2)7-15(3)10-6-9(11(12)13)4-5-14-10/h4-6,8H,7H2,1-3H3,(H3,12,13). The molecule has 4 heteroatoms. The number of aromatic nitrogens is 1. The molecule has 0 bridgehead atoms. The van der Waals surface area contributed by atoms with Gasteiger partial charge in [-0.25, -0.2) is 4.98 Å². The molecule has 0 radical (unpaired) electrons. The molecule has 0 spiro atoms. The van der Waals surface area contributed by atoms with Gasteiger partial charge in [0.2, 0.25) is 0 Å². The van der Waals surface area contributed by atoms with Crippen molar-refractivity contribution in [2.24, 2.45) is 11.7 Å². The van der Waals surface area contributed by atoms with Crippen LogP contribution in [0, 0.1) is 11.3 Å². The first kappa shape index (κ1) is 11.5. The summed E-state index contributed by atoms with van der Waals surface area (Å²) in [5, 5.41) is 7.35. The first-order valence-corrected chi connectivity index (χ1v) is 5.02. The van der Waals surface area contributed by atoms with E-state index in [9.17, 15) is 0 Å². The van der Waals surface area contributed by atoms with Crippen molar-refractivity contribution < 1.29 is 0 Å². The van der Waals surface area contributed by atoms with Crippen molar-refractivity contribution in [1.82, 2.24) is 4.98 Å². The molecule has 0 amide bonds. The summed E-state index contributed by atoms with van der Waals surface area (Å²) in [6, 6.07) is 3.58. The third-order valence-electron chi connectivity index (χ3n) is 2.09. The lowest BCUT2D eigenvalue weighted by Gasteiger charge is -2.20. The average molecular weight is 206 g/mol. The molecule has 1 aromatic heterocycles. The minimum atomic E-state index is 0.0802. The third-order valence-corrected chi connectivity index (χ3v) is 2.09. The van der Waals surface area contributed by atoms with Crippen molar-refractivity contribution in [3.8, 4) is 0 Å². The summed E-state index contributed by atoms with van der Waals surface area (Å²) in [5.41, 5.74) is 6.14. The number of nitrogen functional groups attached to an aromatic ring is 1. The lowest BCUT2D eigenvalue weighted by Crippen LogP contribution is -2.24. The lowest BCUT2D eigenvalue weighted by atomic mass is 10.2. The molecule has 0 unspecified atom stereocenters. The highest BCUT2D eigenvalue weighted by Gasteiger charge is 2.06. The van der Waals surface area contributed by atoms with Gasteiger partial charge in [0.05, 0.1) is 0 Å². The van der Waals surface area contributed by atoms with Crippen LogP contribution in [0.2, 0.25) is 0 Å². The molecule has 0 saturated heterocycles. The van der Waals surface area contributed by atoms with E-state index in [0.717, 1.165) is 17.9 Å². The largest absolute Gasteiger partial charge is 0.384 e. The minimum Gasteiger partial charge on any atom is -0.384 e. The molecular weight excluding hydrogens is 188 g/mol. The van der Waals surface area contributed by atoms with Crippen molar-refractivity contribution in [3.63, 3.8) is 0 Å². The summed E-state index contributed by atoms with van der Waals surface area (Å²) in [6.07, 6.45) is 1.68. The van der Waals surface area contributed by atoms with Crippen molar-refractivity contribution in [3.05, 3.63) is 23.9 Å². The Hall–Kier alpha value is -1.58. The zero-order valence-corrected chi connectivity index (χ0v) is 9.49. The minimum absolute atomic E-state index is 0.0802. The van der Waals surface area contributed by atoms with E-state index in [4.69, 9.17) is 11.1 Å². The van der Waals surface area contributed by atoms with Gasteiger partial charge in [0.15, 0.2) is 0 Å². The van der Waals surface area contributed by atoms with Gasteiger partial charge in [-0.2, -0.15) is 0 Å². The summed E-state index contributed by atoms with van der Waals surface area (Å²) in [4.78, 5) is 6.32. The molecule has 3 N–H and O–H groups in total. The van der Waals surface area contributed by atoms with Gasteiger partial charge in [0.1, 0.15) is 11.7 Å². The van der Waals surface area contributed by atoms with Gasteiger partial charge in [-0.1, -0.05) is 13.8 Å². The number of nitrogens with zero attached hydrogens (tertiary/aromatic N) is 2. The van der Waals surface area contributed by atoms with Crippen LogP contribution in [0.15, 0.2) is 18.3 Å². The number of anilines is 1. The molecule has 82 valence electrons. The second-order valence-corrected chi connectivity index (χ2v) is 4.09. The van der Waals surface area contributed by atoms with E-state index in [1.54, 1.807) is 12.3 Å². The summed E-state index contributed by atoms with van der Waals surface area (Å²) < 4.78 is 0. The van der Waals surface area contributed by atoms with Gasteiger partial charge >= 0.3 is 0 Å². The van der Waals surface area contributed by atoms with Crippen LogP contribution in [0.1, 0.15) is 19.4 Å². The normalized spacial score (nSPS) is 10.4. The monoisotopic (exact) mass is 206 g/mol. The quantitative estimate of drug-likeness (QED) is 0.579. The number of pyridine rings is 1. The Balaban J connectivity index is 2.85. The number of rotatable bonds is 4. The summed E-state index contributed by atoms with van der Waals surface area (Å²) in [6.45, 7) is 5.25. The van der Waals surface area contributed by atoms with E-state index in [1.165, 1.54) is 0 Å². The van der Waals surface area contributed by atoms with Crippen LogP contribution in [0.4, 0.5) is 5.82 Å². The molecular formula is C11H18N4. The number of hydrogen-bond acceptors (Lipinski definition) is 3. The number of nitrogens with one attached hydrogen (secondary N) is 1. The third kappa shape index (κ3) is 3.23. The van der Waals surface area contributed by atoms with Crippen molar-refractivity contribution in [2.75, 3.05) is 18.5 Å². The molecule has 1 rings (SSSR count). The molecule has 1 heterocycles. The first-order valence-electron chi connectivity index (χ1n) is 5.02. The van der Waals surface area contributed by atoms with Gasteiger partial charge in [-0.15, -0.1) is 0 Å². The van der Waals surface area contributed by atoms with E-state index in [2.05, 4.69) is 23.7 Å². The Morgan fingerprint density at radius 2 is 2.27 bits per heavy atom. The van der Waals surface area contributed by atoms with Crippen LogP contribution in [-0.2, 0) is 0 Å². The Morgan fingerprint density at radius 3 is 2.80 bits per heavy atom. The Morgan fingerprint density at radius 1 is 1.60 bits per heavy atom. The first-order chi connectivity index (χ1) is 7.00.